The van der Waals surface area contributed by atoms with Gasteiger partial charge in [-0.1, -0.05) is 72.8 Å². The van der Waals surface area contributed by atoms with Gasteiger partial charge >= 0.3 is 6.18 Å². The first-order valence-corrected chi connectivity index (χ1v) is 11.5. The molecular weight excluding hydrogens is 449 g/mol. The van der Waals surface area contributed by atoms with E-state index in [1.54, 1.807) is 0 Å². The molecule has 0 unspecified atom stereocenters. The predicted molar refractivity (Wildman–Crippen MR) is 121 cm³/mol. The molecule has 0 aromatic heterocycles. The van der Waals surface area contributed by atoms with E-state index in [0.29, 0.717) is 24.3 Å². The summed E-state index contributed by atoms with van der Waals surface area (Å²) in [7, 11) is -4.43. The van der Waals surface area contributed by atoms with Crippen molar-refractivity contribution in [2.24, 2.45) is 0 Å². The summed E-state index contributed by atoms with van der Waals surface area (Å²) < 4.78 is 65.4. The normalized spacial score (nSPS) is 12.4. The summed E-state index contributed by atoms with van der Waals surface area (Å²) in [5, 5.41) is 0. The van der Waals surface area contributed by atoms with Crippen LogP contribution in [0.3, 0.4) is 0 Å². The zero-order valence-electron chi connectivity index (χ0n) is 17.3. The maximum Gasteiger partial charge on any atom is 0.416 e. The highest BCUT2D eigenvalue weighted by Gasteiger charge is 2.30. The molecule has 0 fully saturated rings. The van der Waals surface area contributed by atoms with Crippen molar-refractivity contribution >= 4 is 10.1 Å². The highest BCUT2D eigenvalue weighted by molar-refractivity contribution is 7.85. The summed E-state index contributed by atoms with van der Waals surface area (Å²) in [5.74, 6) is 0. The van der Waals surface area contributed by atoms with Gasteiger partial charge in [0.25, 0.3) is 10.1 Å². The largest absolute Gasteiger partial charge is 0.416 e. The first kappa shape index (κ1) is 22.8. The molecule has 0 atom stereocenters. The summed E-state index contributed by atoms with van der Waals surface area (Å²) in [6.45, 7) is 0. The molecule has 0 heterocycles. The molecule has 7 heteroatoms. The van der Waals surface area contributed by atoms with Gasteiger partial charge in [-0.05, 0) is 64.1 Å². The van der Waals surface area contributed by atoms with Crippen LogP contribution in [0, 0.1) is 0 Å². The van der Waals surface area contributed by atoms with E-state index in [9.17, 15) is 21.6 Å². The monoisotopic (exact) mass is 468 g/mol. The lowest BCUT2D eigenvalue weighted by Gasteiger charge is -2.08. The molecule has 168 valence electrons. The Labute approximate surface area is 189 Å². The number of alkyl halides is 3. The molecule has 1 N–H and O–H groups in total. The fraction of sp³-hybridized carbons (Fsp3) is 0.0769. The Morgan fingerprint density at radius 3 is 1.88 bits per heavy atom. The van der Waals surface area contributed by atoms with Gasteiger partial charge in [-0.25, -0.2) is 0 Å². The van der Waals surface area contributed by atoms with Crippen molar-refractivity contribution < 1.29 is 26.1 Å². The molecular formula is C26H19F3O3S. The molecule has 0 radical (unpaired) electrons. The molecule has 0 spiro atoms. The van der Waals surface area contributed by atoms with Crippen molar-refractivity contribution in [1.82, 2.24) is 0 Å². The molecule has 0 saturated carbocycles. The van der Waals surface area contributed by atoms with Crippen LogP contribution < -0.4 is 0 Å². The lowest BCUT2D eigenvalue weighted by molar-refractivity contribution is -0.137. The van der Waals surface area contributed by atoms with Gasteiger partial charge in [0.05, 0.1) is 10.5 Å². The van der Waals surface area contributed by atoms with Crippen molar-refractivity contribution in [3.05, 3.63) is 114 Å². The molecule has 3 nitrogen and oxygen atoms in total. The molecule has 0 bridgehead atoms. The highest BCUT2D eigenvalue weighted by atomic mass is 32.2. The maximum atomic E-state index is 12.0. The van der Waals surface area contributed by atoms with Gasteiger partial charge in [-0.3, -0.25) is 4.55 Å². The number of benzene rings is 4. The average Bonchev–Trinajstić information content (AvgIpc) is 3.18. The minimum atomic E-state index is -4.52. The second kappa shape index (κ2) is 8.84. The van der Waals surface area contributed by atoms with E-state index >= 15 is 0 Å². The fourth-order valence-corrected chi connectivity index (χ4v) is 4.34. The smallest absolute Gasteiger partial charge is 0.282 e. The van der Waals surface area contributed by atoms with Crippen molar-refractivity contribution in [2.45, 2.75) is 17.5 Å². The topological polar surface area (TPSA) is 54.4 Å². The minimum Gasteiger partial charge on any atom is -0.282 e. The predicted octanol–water partition coefficient (Wildman–Crippen LogP) is 6.88. The van der Waals surface area contributed by atoms with Crippen molar-refractivity contribution in [2.75, 3.05) is 0 Å². The first-order chi connectivity index (χ1) is 15.6. The summed E-state index contributed by atoms with van der Waals surface area (Å²) in [5.41, 5.74) is 7.43. The van der Waals surface area contributed by atoms with Gasteiger partial charge in [0.1, 0.15) is 0 Å². The third-order valence-corrected chi connectivity index (χ3v) is 6.28. The van der Waals surface area contributed by atoms with Gasteiger partial charge in [-0.2, -0.15) is 21.6 Å². The molecule has 0 saturated heterocycles. The van der Waals surface area contributed by atoms with Crippen LogP contribution in [0.2, 0.25) is 0 Å². The third kappa shape index (κ3) is 4.99. The van der Waals surface area contributed by atoms with Gasteiger partial charge in [0, 0.05) is 0 Å². The van der Waals surface area contributed by atoms with Crippen molar-refractivity contribution in [3.63, 3.8) is 0 Å². The van der Waals surface area contributed by atoms with Gasteiger partial charge < -0.3 is 0 Å². The number of fused-ring (bicyclic) bond motifs is 3. The van der Waals surface area contributed by atoms with Crippen LogP contribution in [0.15, 0.2) is 102 Å². The van der Waals surface area contributed by atoms with Crippen molar-refractivity contribution in [3.8, 4) is 22.3 Å². The Hall–Kier alpha value is -3.42. The van der Waals surface area contributed by atoms with E-state index in [1.807, 2.05) is 0 Å². The van der Waals surface area contributed by atoms with Gasteiger partial charge in [0.2, 0.25) is 0 Å². The zero-order chi connectivity index (χ0) is 23.6. The van der Waals surface area contributed by atoms with E-state index in [0.717, 1.165) is 6.42 Å². The van der Waals surface area contributed by atoms with Crippen LogP contribution in [0.1, 0.15) is 16.7 Å². The van der Waals surface area contributed by atoms with Gasteiger partial charge in [0.15, 0.2) is 0 Å². The van der Waals surface area contributed by atoms with Crippen LogP contribution >= 0.6 is 0 Å². The highest BCUT2D eigenvalue weighted by Crippen LogP contribution is 2.41. The lowest BCUT2D eigenvalue weighted by atomic mass is 9.96. The number of hydrogen-bond donors (Lipinski definition) is 1. The fourth-order valence-electron chi connectivity index (χ4n) is 3.86. The first-order valence-electron chi connectivity index (χ1n) is 10.0. The molecule has 1 aliphatic carbocycles. The quantitative estimate of drug-likeness (QED) is 0.288. The number of halogens is 3. The second-order valence-electron chi connectivity index (χ2n) is 7.53. The van der Waals surface area contributed by atoms with Crippen LogP contribution in [0.4, 0.5) is 13.2 Å². The molecule has 4 aromatic carbocycles. The number of hydrogen-bond acceptors (Lipinski definition) is 2. The molecule has 0 amide bonds. The van der Waals surface area contributed by atoms with E-state index < -0.39 is 26.8 Å². The lowest BCUT2D eigenvalue weighted by Crippen LogP contribution is -2.05. The minimum absolute atomic E-state index is 0.564. The summed E-state index contributed by atoms with van der Waals surface area (Å²) >= 11 is 0. The van der Waals surface area contributed by atoms with Crippen LogP contribution in [0.5, 0.6) is 0 Å². The molecule has 4 aromatic rings. The van der Waals surface area contributed by atoms with E-state index in [1.165, 1.54) is 33.4 Å². The second-order valence-corrected chi connectivity index (χ2v) is 8.95. The van der Waals surface area contributed by atoms with Gasteiger partial charge in [-0.15, -0.1) is 0 Å². The Morgan fingerprint density at radius 1 is 0.667 bits per heavy atom. The van der Waals surface area contributed by atoms with E-state index in [-0.39, 0.29) is 0 Å². The standard InChI is InChI=1S/C19H14.C7H5F3O3S/c1-2-7-14(8-3-1)16-11-6-12-18-17-10-5-4-9-15(17)13-19(16)18;8-7(9,10)5-1-3-6(4-2-5)14(11,12)13/h1-12H,13H2;1-4H,(H,11,12,13). The molecule has 33 heavy (non-hydrogen) atoms. The Balaban J connectivity index is 0.000000166. The Bertz CT molecular complexity index is 1380. The van der Waals surface area contributed by atoms with E-state index in [4.69, 9.17) is 4.55 Å². The molecule has 1 aliphatic rings. The maximum absolute atomic E-state index is 12.0. The Kier molecular flexibility index (Phi) is 6.10. The zero-order valence-corrected chi connectivity index (χ0v) is 18.1. The Morgan fingerprint density at radius 2 is 1.24 bits per heavy atom. The summed E-state index contributed by atoms with van der Waals surface area (Å²) in [6, 6.07) is 28.6. The summed E-state index contributed by atoms with van der Waals surface area (Å²) in [4.78, 5) is -0.564. The summed E-state index contributed by atoms with van der Waals surface area (Å²) in [6.07, 6.45) is -3.46. The van der Waals surface area contributed by atoms with Crippen molar-refractivity contribution in [1.29, 1.82) is 0 Å². The average molecular weight is 468 g/mol. The van der Waals surface area contributed by atoms with Crippen LogP contribution in [-0.2, 0) is 22.7 Å². The van der Waals surface area contributed by atoms with Crippen LogP contribution in [-0.4, -0.2) is 13.0 Å². The SMILES string of the molecule is O=S(=O)(O)c1ccc(C(F)(F)F)cc1.c1ccc(-c2cccc3c2Cc2ccccc2-3)cc1. The molecule has 0 aliphatic heterocycles. The van der Waals surface area contributed by atoms with E-state index in [2.05, 4.69) is 72.8 Å². The number of rotatable bonds is 2. The third-order valence-electron chi connectivity index (χ3n) is 5.42. The van der Waals surface area contributed by atoms with Crippen LogP contribution in [0.25, 0.3) is 22.3 Å². The molecule has 5 rings (SSSR count).